The number of anilines is 1. The predicted octanol–water partition coefficient (Wildman–Crippen LogP) is 3.70. The van der Waals surface area contributed by atoms with Crippen LogP contribution in [0.3, 0.4) is 0 Å². The second kappa shape index (κ2) is 6.56. The Hall–Kier alpha value is -1.56. The lowest BCUT2D eigenvalue weighted by molar-refractivity contribution is -0.122. The van der Waals surface area contributed by atoms with Crippen LogP contribution in [-0.4, -0.2) is 12.0 Å². The highest BCUT2D eigenvalue weighted by Crippen LogP contribution is 2.16. The molecule has 0 saturated carbocycles. The molecule has 0 saturated heterocycles. The molecule has 0 fully saturated rings. The van der Waals surface area contributed by atoms with E-state index in [1.807, 2.05) is 54.6 Å². The number of amides is 1. The van der Waals surface area contributed by atoms with Gasteiger partial charge in [-0.2, -0.15) is 0 Å². The lowest BCUT2D eigenvalue weighted by Gasteiger charge is -2.14. The van der Waals surface area contributed by atoms with Gasteiger partial charge < -0.3 is 10.1 Å². The number of hydrogen-bond donors (Lipinski definition) is 1. The van der Waals surface area contributed by atoms with Crippen molar-refractivity contribution in [1.82, 2.24) is 0 Å². The standard InChI is InChI=1S/C15H14INO2/c1-11(19-14-9-5-6-12(16)10-14)15(18)17-13-7-3-2-4-8-13/h2-11H,1H3,(H,17,18)/t11-/m1/s1. The molecular formula is C15H14INO2. The first-order chi connectivity index (χ1) is 9.15. The molecule has 0 aliphatic carbocycles. The second-order valence-electron chi connectivity index (χ2n) is 4.07. The summed E-state index contributed by atoms with van der Waals surface area (Å²) in [6, 6.07) is 17.0. The molecule has 1 N–H and O–H groups in total. The zero-order valence-electron chi connectivity index (χ0n) is 10.5. The molecule has 0 heterocycles. The Kier molecular flexibility index (Phi) is 4.79. The first-order valence-electron chi connectivity index (χ1n) is 5.93. The molecule has 98 valence electrons. The van der Waals surface area contributed by atoms with Gasteiger partial charge in [0.25, 0.3) is 5.91 Å². The van der Waals surface area contributed by atoms with Crippen LogP contribution in [0, 0.1) is 3.57 Å². The maximum absolute atomic E-state index is 12.0. The van der Waals surface area contributed by atoms with Gasteiger partial charge in [0, 0.05) is 9.26 Å². The Bertz CT molecular complexity index is 557. The topological polar surface area (TPSA) is 38.3 Å². The first kappa shape index (κ1) is 13.9. The van der Waals surface area contributed by atoms with E-state index in [0.717, 1.165) is 9.26 Å². The van der Waals surface area contributed by atoms with Crippen LogP contribution in [0.15, 0.2) is 54.6 Å². The van der Waals surface area contributed by atoms with Crippen LogP contribution in [0.5, 0.6) is 5.75 Å². The fourth-order valence-electron chi connectivity index (χ4n) is 1.56. The largest absolute Gasteiger partial charge is 0.481 e. The molecule has 0 radical (unpaired) electrons. The summed E-state index contributed by atoms with van der Waals surface area (Å²) in [4.78, 5) is 12.0. The van der Waals surface area contributed by atoms with Crippen LogP contribution in [0.4, 0.5) is 5.69 Å². The molecule has 19 heavy (non-hydrogen) atoms. The van der Waals surface area contributed by atoms with Crippen molar-refractivity contribution < 1.29 is 9.53 Å². The molecule has 2 aromatic carbocycles. The average molecular weight is 367 g/mol. The number of rotatable bonds is 4. The van der Waals surface area contributed by atoms with Crippen LogP contribution in [-0.2, 0) is 4.79 Å². The minimum atomic E-state index is -0.543. The molecule has 0 aliphatic heterocycles. The fourth-order valence-corrected chi connectivity index (χ4v) is 2.08. The minimum absolute atomic E-state index is 0.162. The van der Waals surface area contributed by atoms with E-state index in [1.165, 1.54) is 0 Å². The Balaban J connectivity index is 1.96. The highest BCUT2D eigenvalue weighted by Gasteiger charge is 2.14. The van der Waals surface area contributed by atoms with Crippen molar-refractivity contribution in [1.29, 1.82) is 0 Å². The van der Waals surface area contributed by atoms with Gasteiger partial charge >= 0.3 is 0 Å². The number of halogens is 1. The van der Waals surface area contributed by atoms with Gasteiger partial charge in [0.15, 0.2) is 6.10 Å². The highest BCUT2D eigenvalue weighted by molar-refractivity contribution is 14.1. The second-order valence-corrected chi connectivity index (χ2v) is 5.32. The average Bonchev–Trinajstić information content (AvgIpc) is 2.40. The minimum Gasteiger partial charge on any atom is -0.481 e. The van der Waals surface area contributed by atoms with Gasteiger partial charge in [-0.05, 0) is 59.8 Å². The fraction of sp³-hybridized carbons (Fsp3) is 0.133. The van der Waals surface area contributed by atoms with E-state index in [4.69, 9.17) is 4.74 Å². The zero-order chi connectivity index (χ0) is 13.7. The summed E-state index contributed by atoms with van der Waals surface area (Å²) in [6.07, 6.45) is -0.543. The van der Waals surface area contributed by atoms with Gasteiger partial charge in [0.2, 0.25) is 0 Å². The van der Waals surface area contributed by atoms with Crippen LogP contribution in [0.1, 0.15) is 6.92 Å². The van der Waals surface area contributed by atoms with Crippen molar-refractivity contribution in [2.24, 2.45) is 0 Å². The zero-order valence-corrected chi connectivity index (χ0v) is 12.6. The summed E-state index contributed by atoms with van der Waals surface area (Å²) in [5.41, 5.74) is 0.769. The first-order valence-corrected chi connectivity index (χ1v) is 7.01. The Morgan fingerprint density at radius 1 is 1.16 bits per heavy atom. The van der Waals surface area contributed by atoms with E-state index in [-0.39, 0.29) is 5.91 Å². The molecule has 2 aromatic rings. The Labute approximate surface area is 126 Å². The van der Waals surface area contributed by atoms with Crippen LogP contribution in [0.2, 0.25) is 0 Å². The van der Waals surface area contributed by atoms with Crippen molar-refractivity contribution in [2.75, 3.05) is 5.32 Å². The van der Waals surface area contributed by atoms with E-state index in [1.54, 1.807) is 6.92 Å². The van der Waals surface area contributed by atoms with Crippen LogP contribution in [0.25, 0.3) is 0 Å². The molecule has 1 atom stereocenters. The number of carbonyl (C=O) groups is 1. The van der Waals surface area contributed by atoms with Crippen molar-refractivity contribution >= 4 is 34.2 Å². The number of nitrogens with one attached hydrogen (secondary N) is 1. The maximum Gasteiger partial charge on any atom is 0.265 e. The van der Waals surface area contributed by atoms with Gasteiger partial charge in [0.1, 0.15) is 5.75 Å². The molecule has 0 aromatic heterocycles. The lowest BCUT2D eigenvalue weighted by atomic mass is 10.3. The lowest BCUT2D eigenvalue weighted by Crippen LogP contribution is -2.30. The number of ether oxygens (including phenoxy) is 1. The van der Waals surface area contributed by atoms with Gasteiger partial charge in [-0.15, -0.1) is 0 Å². The molecule has 2 rings (SSSR count). The van der Waals surface area contributed by atoms with Gasteiger partial charge in [-0.3, -0.25) is 4.79 Å². The van der Waals surface area contributed by atoms with Crippen molar-refractivity contribution in [3.05, 3.63) is 58.2 Å². The van der Waals surface area contributed by atoms with E-state index >= 15 is 0 Å². The smallest absolute Gasteiger partial charge is 0.265 e. The predicted molar refractivity (Wildman–Crippen MR) is 84.3 cm³/mol. The molecule has 1 amide bonds. The van der Waals surface area contributed by atoms with Gasteiger partial charge in [0.05, 0.1) is 0 Å². The van der Waals surface area contributed by atoms with E-state index in [2.05, 4.69) is 27.9 Å². The van der Waals surface area contributed by atoms with Crippen LogP contribution < -0.4 is 10.1 Å². The van der Waals surface area contributed by atoms with Gasteiger partial charge in [-0.1, -0.05) is 24.3 Å². The van der Waals surface area contributed by atoms with E-state index in [0.29, 0.717) is 5.75 Å². The van der Waals surface area contributed by atoms with Crippen LogP contribution >= 0.6 is 22.6 Å². The van der Waals surface area contributed by atoms with E-state index in [9.17, 15) is 4.79 Å². The summed E-state index contributed by atoms with van der Waals surface area (Å²) in [5.74, 6) is 0.535. The number of carbonyl (C=O) groups excluding carboxylic acids is 1. The third-order valence-corrected chi connectivity index (χ3v) is 3.19. The summed E-state index contributed by atoms with van der Waals surface area (Å²) in [7, 11) is 0. The Morgan fingerprint density at radius 2 is 1.89 bits per heavy atom. The molecule has 0 aliphatic rings. The summed E-state index contributed by atoms with van der Waals surface area (Å²) >= 11 is 2.21. The summed E-state index contributed by atoms with van der Waals surface area (Å²) in [6.45, 7) is 1.73. The number of para-hydroxylation sites is 1. The maximum atomic E-state index is 12.0. The molecular weight excluding hydrogens is 353 g/mol. The van der Waals surface area contributed by atoms with Crippen molar-refractivity contribution in [3.63, 3.8) is 0 Å². The van der Waals surface area contributed by atoms with E-state index < -0.39 is 6.10 Å². The van der Waals surface area contributed by atoms with Gasteiger partial charge in [-0.25, -0.2) is 0 Å². The van der Waals surface area contributed by atoms with Crippen molar-refractivity contribution in [3.8, 4) is 5.75 Å². The molecule has 0 unspecified atom stereocenters. The summed E-state index contributed by atoms with van der Waals surface area (Å²) < 4.78 is 6.69. The third-order valence-electron chi connectivity index (χ3n) is 2.52. The SMILES string of the molecule is C[C@@H](Oc1cccc(I)c1)C(=O)Nc1ccccc1. The number of hydrogen-bond acceptors (Lipinski definition) is 2. The normalized spacial score (nSPS) is 11.7. The number of benzene rings is 2. The highest BCUT2D eigenvalue weighted by atomic mass is 127. The molecule has 4 heteroatoms. The monoisotopic (exact) mass is 367 g/mol. The van der Waals surface area contributed by atoms with Crippen molar-refractivity contribution in [2.45, 2.75) is 13.0 Å². The molecule has 0 bridgehead atoms. The Morgan fingerprint density at radius 3 is 2.58 bits per heavy atom. The quantitative estimate of drug-likeness (QED) is 0.837. The summed E-state index contributed by atoms with van der Waals surface area (Å²) in [5, 5.41) is 2.81. The molecule has 0 spiro atoms. The third kappa shape index (κ3) is 4.24. The molecule has 3 nitrogen and oxygen atoms in total.